The van der Waals surface area contributed by atoms with Crippen LogP contribution in [0.15, 0.2) is 5.16 Å². The predicted octanol–water partition coefficient (Wildman–Crippen LogP) is -0.920. The fourth-order valence-electron chi connectivity index (χ4n) is 2.67. The van der Waals surface area contributed by atoms with Crippen LogP contribution in [0.5, 0.6) is 0 Å². The maximum Gasteiger partial charge on any atom is 0.282 e. The quantitative estimate of drug-likeness (QED) is 0.303. The number of nitrogens with zero attached hydrogens (tertiary/aromatic N) is 4. The second-order valence-electron chi connectivity index (χ2n) is 5.25. The van der Waals surface area contributed by atoms with E-state index < -0.39 is 10.2 Å². The van der Waals surface area contributed by atoms with Gasteiger partial charge in [-0.15, -0.1) is 0 Å². The highest BCUT2D eigenvalue weighted by molar-refractivity contribution is 7.86. The van der Waals surface area contributed by atoms with Crippen LogP contribution in [0.25, 0.3) is 0 Å². The Balaban J connectivity index is 1.94. The van der Waals surface area contributed by atoms with E-state index in [-0.39, 0.29) is 11.9 Å². The zero-order chi connectivity index (χ0) is 14.8. The van der Waals surface area contributed by atoms with Crippen molar-refractivity contribution in [3.8, 4) is 0 Å². The average Bonchev–Trinajstić information content (AvgIpc) is 3.00. The van der Waals surface area contributed by atoms with Gasteiger partial charge in [0.2, 0.25) is 0 Å². The average molecular weight is 305 g/mol. The molecule has 1 atom stereocenters. The Morgan fingerprint density at radius 3 is 2.10 bits per heavy atom. The summed E-state index contributed by atoms with van der Waals surface area (Å²) in [6.45, 7) is 5.17. The summed E-state index contributed by atoms with van der Waals surface area (Å²) in [6.07, 6.45) is 1.89. The van der Waals surface area contributed by atoms with Gasteiger partial charge < -0.3 is 10.9 Å². The van der Waals surface area contributed by atoms with E-state index in [2.05, 4.69) is 5.16 Å². The standard InChI is InChI=1S/C11H23N5O3S/c1-10(11(12)13-17)14-6-8-16(9-7-14)20(18,19)15-4-2-3-5-15/h10,17H,2-9H2,1H3,(H2,12,13). The van der Waals surface area contributed by atoms with Crippen LogP contribution in [-0.2, 0) is 10.2 Å². The molecule has 2 aliphatic heterocycles. The van der Waals surface area contributed by atoms with E-state index in [0.717, 1.165) is 12.8 Å². The van der Waals surface area contributed by atoms with Gasteiger partial charge in [-0.3, -0.25) is 4.90 Å². The number of rotatable bonds is 4. The molecule has 2 rings (SSSR count). The van der Waals surface area contributed by atoms with Crippen LogP contribution in [0.1, 0.15) is 19.8 Å². The minimum atomic E-state index is -3.31. The SMILES string of the molecule is CC(C(N)=NO)N1CCN(S(=O)(=O)N2CCCC2)CC1. The molecule has 1 unspecified atom stereocenters. The van der Waals surface area contributed by atoms with Crippen LogP contribution in [-0.4, -0.2) is 78.3 Å². The van der Waals surface area contributed by atoms with Gasteiger partial charge in [-0.1, -0.05) is 5.16 Å². The molecule has 0 radical (unpaired) electrons. The molecule has 0 aromatic rings. The summed E-state index contributed by atoms with van der Waals surface area (Å²) in [5, 5.41) is 11.7. The molecular formula is C11H23N5O3S. The molecule has 116 valence electrons. The van der Waals surface area contributed by atoms with Crippen molar-refractivity contribution in [3.63, 3.8) is 0 Å². The first kappa shape index (κ1) is 15.5. The zero-order valence-corrected chi connectivity index (χ0v) is 12.6. The number of hydrogen-bond acceptors (Lipinski definition) is 5. The van der Waals surface area contributed by atoms with Gasteiger partial charge in [0.25, 0.3) is 10.2 Å². The molecule has 2 aliphatic rings. The monoisotopic (exact) mass is 305 g/mol. The maximum atomic E-state index is 12.4. The van der Waals surface area contributed by atoms with Crippen LogP contribution < -0.4 is 5.73 Å². The van der Waals surface area contributed by atoms with Gasteiger partial charge in [0.15, 0.2) is 5.84 Å². The highest BCUT2D eigenvalue weighted by Crippen LogP contribution is 2.18. The van der Waals surface area contributed by atoms with Gasteiger partial charge >= 0.3 is 0 Å². The molecule has 9 heteroatoms. The zero-order valence-electron chi connectivity index (χ0n) is 11.8. The van der Waals surface area contributed by atoms with Crippen molar-refractivity contribution in [2.24, 2.45) is 10.9 Å². The molecular weight excluding hydrogens is 282 g/mol. The van der Waals surface area contributed by atoms with Crippen molar-refractivity contribution in [2.75, 3.05) is 39.3 Å². The van der Waals surface area contributed by atoms with Crippen LogP contribution in [0.2, 0.25) is 0 Å². The number of hydrogen-bond donors (Lipinski definition) is 2. The van der Waals surface area contributed by atoms with Gasteiger partial charge in [0, 0.05) is 39.3 Å². The van der Waals surface area contributed by atoms with Gasteiger partial charge in [0.05, 0.1) is 6.04 Å². The van der Waals surface area contributed by atoms with Crippen LogP contribution in [0.4, 0.5) is 0 Å². The van der Waals surface area contributed by atoms with Crippen molar-refractivity contribution in [1.29, 1.82) is 0 Å². The summed E-state index contributed by atoms with van der Waals surface area (Å²) in [4.78, 5) is 2.02. The van der Waals surface area contributed by atoms with Gasteiger partial charge in [-0.2, -0.15) is 17.0 Å². The van der Waals surface area contributed by atoms with E-state index in [1.807, 2.05) is 11.8 Å². The minimum absolute atomic E-state index is 0.154. The number of piperazine rings is 1. The smallest absolute Gasteiger partial charge is 0.282 e. The van der Waals surface area contributed by atoms with Crippen molar-refractivity contribution < 1.29 is 13.6 Å². The lowest BCUT2D eigenvalue weighted by molar-refractivity contribution is 0.166. The molecule has 3 N–H and O–H groups in total. The first-order chi connectivity index (χ1) is 9.46. The van der Waals surface area contributed by atoms with Crippen molar-refractivity contribution in [1.82, 2.24) is 13.5 Å². The molecule has 0 aromatic heterocycles. The third-order valence-electron chi connectivity index (χ3n) is 4.08. The van der Waals surface area contributed by atoms with E-state index in [4.69, 9.17) is 10.9 Å². The Hall–Kier alpha value is -0.900. The first-order valence-electron chi connectivity index (χ1n) is 6.93. The summed E-state index contributed by atoms with van der Waals surface area (Å²) in [7, 11) is -3.31. The summed E-state index contributed by atoms with van der Waals surface area (Å²) in [5.74, 6) is 0.154. The largest absolute Gasteiger partial charge is 0.409 e. The van der Waals surface area contributed by atoms with Gasteiger partial charge in [0.1, 0.15) is 0 Å². The Bertz CT molecular complexity index is 453. The number of nitrogens with two attached hydrogens (primary N) is 1. The normalized spacial score (nSPS) is 25.9. The van der Waals surface area contributed by atoms with Crippen molar-refractivity contribution in [3.05, 3.63) is 0 Å². The predicted molar refractivity (Wildman–Crippen MR) is 75.7 cm³/mol. The van der Waals surface area contributed by atoms with Crippen molar-refractivity contribution in [2.45, 2.75) is 25.8 Å². The molecule has 2 heterocycles. The second-order valence-corrected chi connectivity index (χ2v) is 7.18. The van der Waals surface area contributed by atoms with Gasteiger partial charge in [-0.05, 0) is 19.8 Å². The number of oxime groups is 1. The minimum Gasteiger partial charge on any atom is -0.409 e. The topological polar surface area (TPSA) is 102 Å². The second kappa shape index (κ2) is 6.25. The fraction of sp³-hybridized carbons (Fsp3) is 0.909. The lowest BCUT2D eigenvalue weighted by atomic mass is 10.2. The molecule has 0 bridgehead atoms. The molecule has 20 heavy (non-hydrogen) atoms. The highest BCUT2D eigenvalue weighted by Gasteiger charge is 2.34. The van der Waals surface area contributed by atoms with Crippen LogP contribution >= 0.6 is 0 Å². The van der Waals surface area contributed by atoms with Crippen LogP contribution in [0, 0.1) is 0 Å². The molecule has 0 aromatic carbocycles. The van der Waals surface area contributed by atoms with E-state index in [1.54, 1.807) is 4.31 Å². The number of amidine groups is 1. The Labute approximate surface area is 120 Å². The van der Waals surface area contributed by atoms with E-state index in [9.17, 15) is 8.42 Å². The Morgan fingerprint density at radius 1 is 1.10 bits per heavy atom. The summed E-state index contributed by atoms with van der Waals surface area (Å²) >= 11 is 0. The summed E-state index contributed by atoms with van der Waals surface area (Å²) in [6, 6.07) is -0.184. The maximum absolute atomic E-state index is 12.4. The Morgan fingerprint density at radius 2 is 1.60 bits per heavy atom. The third kappa shape index (κ3) is 3.05. The summed E-state index contributed by atoms with van der Waals surface area (Å²) < 4.78 is 27.9. The third-order valence-corrected chi connectivity index (χ3v) is 6.12. The van der Waals surface area contributed by atoms with E-state index in [1.165, 1.54) is 4.31 Å². The first-order valence-corrected chi connectivity index (χ1v) is 8.33. The molecule has 2 fully saturated rings. The van der Waals surface area contributed by atoms with E-state index in [0.29, 0.717) is 39.3 Å². The van der Waals surface area contributed by atoms with Gasteiger partial charge in [-0.25, -0.2) is 0 Å². The summed E-state index contributed by atoms with van der Waals surface area (Å²) in [5.41, 5.74) is 5.59. The highest BCUT2D eigenvalue weighted by atomic mass is 32.2. The lowest BCUT2D eigenvalue weighted by Gasteiger charge is -2.38. The van der Waals surface area contributed by atoms with E-state index >= 15 is 0 Å². The lowest BCUT2D eigenvalue weighted by Crippen LogP contribution is -2.56. The Kier molecular flexibility index (Phi) is 4.84. The molecule has 2 saturated heterocycles. The fourth-order valence-corrected chi connectivity index (χ4v) is 4.35. The van der Waals surface area contributed by atoms with Crippen molar-refractivity contribution >= 4 is 16.0 Å². The molecule has 0 spiro atoms. The molecule has 0 aliphatic carbocycles. The molecule has 0 saturated carbocycles. The molecule has 8 nitrogen and oxygen atoms in total. The van der Waals surface area contributed by atoms with Crippen LogP contribution in [0.3, 0.4) is 0 Å². The molecule has 0 amide bonds.